The van der Waals surface area contributed by atoms with E-state index in [1.807, 2.05) is 25.1 Å². The van der Waals surface area contributed by atoms with Gasteiger partial charge in [0.15, 0.2) is 5.69 Å². The maximum atomic E-state index is 11.9. The summed E-state index contributed by atoms with van der Waals surface area (Å²) < 4.78 is 1.65. The Balaban J connectivity index is 1.87. The number of hydrogen-bond acceptors (Lipinski definition) is 5. The average Bonchev–Trinajstić information content (AvgIpc) is 2.95. The number of aromatic nitrogens is 4. The maximum absolute atomic E-state index is 11.9. The van der Waals surface area contributed by atoms with E-state index in [4.69, 9.17) is 0 Å². The van der Waals surface area contributed by atoms with E-state index in [0.29, 0.717) is 10.8 Å². The first-order valence-corrected chi connectivity index (χ1v) is 6.10. The molecule has 3 aromatic rings. The van der Waals surface area contributed by atoms with Crippen LogP contribution in [0.25, 0.3) is 5.52 Å². The van der Waals surface area contributed by atoms with Crippen LogP contribution in [0.2, 0.25) is 0 Å². The van der Waals surface area contributed by atoms with Crippen molar-refractivity contribution in [2.45, 2.75) is 6.92 Å². The number of nitrogens with zero attached hydrogens (tertiary/aromatic N) is 4. The average molecular weight is 259 g/mol. The van der Waals surface area contributed by atoms with Crippen molar-refractivity contribution in [1.29, 1.82) is 0 Å². The Labute approximate surface area is 106 Å². The van der Waals surface area contributed by atoms with E-state index in [-0.39, 0.29) is 5.91 Å². The second kappa shape index (κ2) is 4.19. The highest BCUT2D eigenvalue weighted by atomic mass is 32.1. The topological polar surface area (TPSA) is 72.2 Å². The zero-order valence-electron chi connectivity index (χ0n) is 9.49. The van der Waals surface area contributed by atoms with Crippen molar-refractivity contribution in [3.05, 3.63) is 41.2 Å². The summed E-state index contributed by atoms with van der Waals surface area (Å²) in [6.07, 6.45) is 1.79. The summed E-state index contributed by atoms with van der Waals surface area (Å²) in [6, 6.07) is 7.37. The molecule has 0 bridgehead atoms. The first kappa shape index (κ1) is 10.8. The van der Waals surface area contributed by atoms with Gasteiger partial charge in [0, 0.05) is 6.20 Å². The Kier molecular flexibility index (Phi) is 2.52. The van der Waals surface area contributed by atoms with Gasteiger partial charge in [0.1, 0.15) is 5.01 Å². The van der Waals surface area contributed by atoms with Crippen molar-refractivity contribution in [3.8, 4) is 0 Å². The molecular weight excluding hydrogens is 250 g/mol. The molecule has 1 N–H and O–H groups in total. The lowest BCUT2D eigenvalue weighted by Gasteiger charge is -1.95. The molecule has 0 aliphatic carbocycles. The number of aryl methyl sites for hydroxylation is 1. The fourth-order valence-corrected chi connectivity index (χ4v) is 2.14. The number of carbonyl (C=O) groups is 1. The van der Waals surface area contributed by atoms with Gasteiger partial charge in [0.25, 0.3) is 5.91 Å². The lowest BCUT2D eigenvalue weighted by molar-refractivity contribution is 0.102. The minimum absolute atomic E-state index is 0.283. The van der Waals surface area contributed by atoms with Crippen LogP contribution in [-0.2, 0) is 0 Å². The summed E-state index contributed by atoms with van der Waals surface area (Å²) >= 11 is 1.33. The summed E-state index contributed by atoms with van der Waals surface area (Å²) in [7, 11) is 0. The smallest absolute Gasteiger partial charge is 0.278 e. The predicted octanol–water partition coefficient (Wildman–Crippen LogP) is 1.75. The van der Waals surface area contributed by atoms with Crippen molar-refractivity contribution in [1.82, 2.24) is 19.8 Å². The monoisotopic (exact) mass is 259 g/mol. The fourth-order valence-electron chi connectivity index (χ4n) is 1.56. The summed E-state index contributed by atoms with van der Waals surface area (Å²) in [6.45, 7) is 1.83. The molecule has 3 heterocycles. The van der Waals surface area contributed by atoms with Crippen LogP contribution in [0, 0.1) is 6.92 Å². The number of fused-ring (bicyclic) bond motifs is 1. The number of nitrogens with one attached hydrogen (secondary N) is 1. The lowest BCUT2D eigenvalue weighted by Crippen LogP contribution is -2.12. The SMILES string of the molecule is Cc1nnc(NC(=O)c2cc3ccccn3n2)s1. The van der Waals surface area contributed by atoms with Gasteiger partial charge in [-0.3, -0.25) is 10.1 Å². The van der Waals surface area contributed by atoms with Gasteiger partial charge < -0.3 is 0 Å². The number of amides is 1. The molecule has 7 heteroatoms. The normalized spacial score (nSPS) is 10.7. The third-order valence-electron chi connectivity index (χ3n) is 2.35. The minimum atomic E-state index is -0.283. The molecule has 0 saturated heterocycles. The van der Waals surface area contributed by atoms with Crippen LogP contribution >= 0.6 is 11.3 Å². The van der Waals surface area contributed by atoms with Gasteiger partial charge in [0.2, 0.25) is 5.13 Å². The fraction of sp³-hybridized carbons (Fsp3) is 0.0909. The predicted molar refractivity (Wildman–Crippen MR) is 67.8 cm³/mol. The molecule has 18 heavy (non-hydrogen) atoms. The molecule has 3 rings (SSSR count). The highest BCUT2D eigenvalue weighted by molar-refractivity contribution is 7.15. The van der Waals surface area contributed by atoms with E-state index in [9.17, 15) is 4.79 Å². The highest BCUT2D eigenvalue weighted by Crippen LogP contribution is 2.15. The van der Waals surface area contributed by atoms with Crippen molar-refractivity contribution in [2.24, 2.45) is 0 Å². The Morgan fingerprint density at radius 3 is 3.00 bits per heavy atom. The van der Waals surface area contributed by atoms with Crippen molar-refractivity contribution in [3.63, 3.8) is 0 Å². The molecular formula is C11H9N5OS. The van der Waals surface area contributed by atoms with Gasteiger partial charge in [0.05, 0.1) is 5.52 Å². The van der Waals surface area contributed by atoms with Crippen LogP contribution in [0.1, 0.15) is 15.5 Å². The van der Waals surface area contributed by atoms with Crippen molar-refractivity contribution in [2.75, 3.05) is 5.32 Å². The Morgan fingerprint density at radius 1 is 1.39 bits per heavy atom. The van der Waals surface area contributed by atoms with Gasteiger partial charge in [-0.05, 0) is 25.1 Å². The number of anilines is 1. The summed E-state index contributed by atoms with van der Waals surface area (Å²) in [5.74, 6) is -0.283. The molecule has 0 aromatic carbocycles. The van der Waals surface area contributed by atoms with E-state index in [1.54, 1.807) is 16.8 Å². The first-order chi connectivity index (χ1) is 8.72. The van der Waals surface area contributed by atoms with Gasteiger partial charge in [-0.25, -0.2) is 4.52 Å². The van der Waals surface area contributed by atoms with Gasteiger partial charge in [-0.1, -0.05) is 17.4 Å². The summed E-state index contributed by atoms with van der Waals surface area (Å²) in [5.41, 5.74) is 1.23. The maximum Gasteiger partial charge on any atom is 0.278 e. The van der Waals surface area contributed by atoms with E-state index >= 15 is 0 Å². The van der Waals surface area contributed by atoms with Gasteiger partial charge in [-0.2, -0.15) is 5.10 Å². The zero-order chi connectivity index (χ0) is 12.5. The number of pyridine rings is 1. The molecule has 0 fully saturated rings. The molecule has 0 unspecified atom stereocenters. The molecule has 1 amide bonds. The van der Waals surface area contributed by atoms with Crippen molar-refractivity contribution >= 4 is 27.9 Å². The molecule has 6 nitrogen and oxygen atoms in total. The first-order valence-electron chi connectivity index (χ1n) is 5.28. The van der Waals surface area contributed by atoms with Gasteiger partial charge >= 0.3 is 0 Å². The molecule has 0 spiro atoms. The molecule has 0 atom stereocenters. The number of rotatable bonds is 2. The lowest BCUT2D eigenvalue weighted by atomic mass is 10.3. The molecule has 0 radical (unpaired) electrons. The Morgan fingerprint density at radius 2 is 2.28 bits per heavy atom. The third-order valence-corrected chi connectivity index (χ3v) is 3.10. The van der Waals surface area contributed by atoms with Crippen LogP contribution in [0.15, 0.2) is 30.5 Å². The molecule has 0 aliphatic heterocycles. The molecule has 3 aromatic heterocycles. The quantitative estimate of drug-likeness (QED) is 0.761. The van der Waals surface area contributed by atoms with E-state index < -0.39 is 0 Å². The second-order valence-electron chi connectivity index (χ2n) is 3.68. The largest absolute Gasteiger partial charge is 0.295 e. The van der Waals surface area contributed by atoms with Crippen LogP contribution < -0.4 is 5.32 Å². The standard InChI is InChI=1S/C11H9N5OS/c1-7-13-14-11(18-7)12-10(17)9-6-8-4-2-3-5-16(8)15-9/h2-6H,1H3,(H,12,14,17). The van der Waals surface area contributed by atoms with Crippen molar-refractivity contribution < 1.29 is 4.79 Å². The number of carbonyl (C=O) groups excluding carboxylic acids is 1. The summed E-state index contributed by atoms with van der Waals surface area (Å²) in [5, 5.41) is 15.8. The Hall–Kier alpha value is -2.28. The third kappa shape index (κ3) is 1.95. The van der Waals surface area contributed by atoms with Crippen LogP contribution in [-0.4, -0.2) is 25.7 Å². The Bertz CT molecular complexity index is 684. The van der Waals surface area contributed by atoms with Crippen LogP contribution in [0.5, 0.6) is 0 Å². The highest BCUT2D eigenvalue weighted by Gasteiger charge is 2.12. The zero-order valence-corrected chi connectivity index (χ0v) is 10.3. The minimum Gasteiger partial charge on any atom is -0.295 e. The number of hydrogen-bond donors (Lipinski definition) is 1. The van der Waals surface area contributed by atoms with E-state index in [0.717, 1.165) is 10.5 Å². The molecule has 0 aliphatic rings. The van der Waals surface area contributed by atoms with Crippen LogP contribution in [0.3, 0.4) is 0 Å². The summed E-state index contributed by atoms with van der Waals surface area (Å²) in [4.78, 5) is 11.9. The van der Waals surface area contributed by atoms with E-state index in [1.165, 1.54) is 11.3 Å². The molecule has 0 saturated carbocycles. The van der Waals surface area contributed by atoms with Crippen LogP contribution in [0.4, 0.5) is 5.13 Å². The molecule has 90 valence electrons. The van der Waals surface area contributed by atoms with Gasteiger partial charge in [-0.15, -0.1) is 10.2 Å². The second-order valence-corrected chi connectivity index (χ2v) is 4.86. The van der Waals surface area contributed by atoms with E-state index in [2.05, 4.69) is 20.6 Å².